The van der Waals surface area contributed by atoms with Crippen LogP contribution >= 0.6 is 11.3 Å². The largest absolute Gasteiger partial charge is 0.463 e. The number of benzene rings is 3. The van der Waals surface area contributed by atoms with Crippen LogP contribution in [0.1, 0.15) is 36.6 Å². The number of esters is 1. The number of ether oxygens (including phenoxy) is 1. The molecule has 0 bridgehead atoms. The number of nitrogens with zero attached hydrogens (tertiary/aromatic N) is 4. The monoisotopic (exact) mass is 560 g/mol. The molecule has 0 saturated carbocycles. The molecule has 1 aliphatic heterocycles. The predicted octanol–water partition coefficient (Wildman–Crippen LogP) is 4.96. The van der Waals surface area contributed by atoms with Crippen LogP contribution in [0, 0.1) is 6.92 Å². The van der Waals surface area contributed by atoms with Gasteiger partial charge < -0.3 is 4.74 Å². The SMILES string of the molecule is CCOC(=O)C1=C(C)N=c2s/c(=C\c3cn(-c4ccccc4)nc3-c3ccccc3)c(=O)n2[C@H]1c1ccc(C)cc1. The number of hydrogen-bond donors (Lipinski definition) is 0. The van der Waals surface area contributed by atoms with Gasteiger partial charge in [-0.1, -0.05) is 89.7 Å². The molecule has 2 aromatic heterocycles. The quantitative estimate of drug-likeness (QED) is 0.275. The van der Waals surface area contributed by atoms with Crippen molar-refractivity contribution >= 4 is 23.4 Å². The Morgan fingerprint density at radius 1 is 0.976 bits per heavy atom. The maximum atomic E-state index is 14.1. The van der Waals surface area contributed by atoms with Crippen LogP contribution in [-0.2, 0) is 9.53 Å². The minimum absolute atomic E-state index is 0.222. The fourth-order valence-corrected chi connectivity index (χ4v) is 6.06. The third kappa shape index (κ3) is 4.98. The highest BCUT2D eigenvalue weighted by atomic mass is 32.1. The van der Waals surface area contributed by atoms with Gasteiger partial charge in [-0.05, 0) is 44.5 Å². The molecule has 1 atom stereocenters. The number of carbonyl (C=O) groups excluding carboxylic acids is 1. The van der Waals surface area contributed by atoms with Gasteiger partial charge in [0.15, 0.2) is 4.80 Å². The lowest BCUT2D eigenvalue weighted by atomic mass is 9.95. The van der Waals surface area contributed by atoms with Gasteiger partial charge in [-0.15, -0.1) is 0 Å². The number of aryl methyl sites for hydroxylation is 1. The van der Waals surface area contributed by atoms with E-state index in [2.05, 4.69) is 0 Å². The number of thiazole rings is 1. The summed E-state index contributed by atoms with van der Waals surface area (Å²) < 4.78 is 9.35. The Balaban J connectivity index is 1.56. The van der Waals surface area contributed by atoms with Gasteiger partial charge in [-0.2, -0.15) is 5.10 Å². The number of aromatic nitrogens is 3. The Hall–Kier alpha value is -4.82. The standard InChI is InChI=1S/C33H28N4O3S/c1-4-40-32(39)28-22(3)34-33-37(30(28)24-17-15-21(2)16-18-24)31(38)27(41-33)19-25-20-36(26-13-9-6-10-14-26)35-29(25)23-11-7-5-8-12-23/h5-20,30H,4H2,1-3H3/b27-19-/t30-/m0/s1. The normalized spacial score (nSPS) is 15.0. The fourth-order valence-electron chi connectivity index (χ4n) is 5.02. The van der Waals surface area contributed by atoms with Crippen molar-refractivity contribution in [3.05, 3.63) is 139 Å². The Bertz CT molecular complexity index is 1950. The summed E-state index contributed by atoms with van der Waals surface area (Å²) in [5.41, 5.74) is 6.03. The molecule has 6 rings (SSSR count). The lowest BCUT2D eigenvalue weighted by Gasteiger charge is -2.24. The molecule has 0 fully saturated rings. The second kappa shape index (κ2) is 11.0. The van der Waals surface area contributed by atoms with E-state index >= 15 is 0 Å². The molecular formula is C33H28N4O3S. The van der Waals surface area contributed by atoms with E-state index in [9.17, 15) is 9.59 Å². The summed E-state index contributed by atoms with van der Waals surface area (Å²) in [7, 11) is 0. The number of rotatable bonds is 6. The zero-order valence-corrected chi connectivity index (χ0v) is 23.8. The van der Waals surface area contributed by atoms with Crippen molar-refractivity contribution in [3.63, 3.8) is 0 Å². The summed E-state index contributed by atoms with van der Waals surface area (Å²) in [5.74, 6) is -0.468. The summed E-state index contributed by atoms with van der Waals surface area (Å²) in [6.07, 6.45) is 3.80. The fraction of sp³-hybridized carbons (Fsp3) is 0.152. The molecule has 204 valence electrons. The van der Waals surface area contributed by atoms with E-state index in [1.165, 1.54) is 11.3 Å². The Labute approximate surface area is 241 Å². The predicted molar refractivity (Wildman–Crippen MR) is 161 cm³/mol. The van der Waals surface area contributed by atoms with Crippen molar-refractivity contribution in [2.45, 2.75) is 26.8 Å². The van der Waals surface area contributed by atoms with Gasteiger partial charge in [0.1, 0.15) is 0 Å². The first-order valence-electron chi connectivity index (χ1n) is 13.4. The summed E-state index contributed by atoms with van der Waals surface area (Å²) in [4.78, 5) is 32.5. The van der Waals surface area contributed by atoms with E-state index < -0.39 is 12.0 Å². The summed E-state index contributed by atoms with van der Waals surface area (Å²) in [5, 5.41) is 4.89. The minimum Gasteiger partial charge on any atom is -0.463 e. The molecule has 7 nitrogen and oxygen atoms in total. The molecule has 41 heavy (non-hydrogen) atoms. The highest BCUT2D eigenvalue weighted by Gasteiger charge is 2.33. The maximum absolute atomic E-state index is 14.1. The molecule has 3 aromatic carbocycles. The highest BCUT2D eigenvalue weighted by molar-refractivity contribution is 7.07. The van der Waals surface area contributed by atoms with Crippen LogP contribution in [0.2, 0.25) is 0 Å². The van der Waals surface area contributed by atoms with E-state index in [0.717, 1.165) is 33.6 Å². The summed E-state index contributed by atoms with van der Waals surface area (Å²) in [6.45, 7) is 5.79. The van der Waals surface area contributed by atoms with E-state index in [1.54, 1.807) is 18.4 Å². The Morgan fingerprint density at radius 2 is 1.66 bits per heavy atom. The molecule has 0 amide bonds. The van der Waals surface area contributed by atoms with E-state index in [0.29, 0.717) is 20.6 Å². The van der Waals surface area contributed by atoms with Crippen molar-refractivity contribution in [3.8, 4) is 16.9 Å². The first-order chi connectivity index (χ1) is 19.9. The van der Waals surface area contributed by atoms with E-state index in [-0.39, 0.29) is 12.2 Å². The molecule has 8 heteroatoms. The van der Waals surface area contributed by atoms with Gasteiger partial charge in [0, 0.05) is 17.3 Å². The van der Waals surface area contributed by atoms with Gasteiger partial charge in [0.2, 0.25) is 0 Å². The van der Waals surface area contributed by atoms with Crippen LogP contribution in [0.25, 0.3) is 23.0 Å². The second-order valence-corrected chi connectivity index (χ2v) is 10.8. The van der Waals surface area contributed by atoms with Gasteiger partial charge in [0.25, 0.3) is 5.56 Å². The molecule has 0 aliphatic carbocycles. The Kier molecular flexibility index (Phi) is 7.07. The van der Waals surface area contributed by atoms with Crippen LogP contribution in [-0.4, -0.2) is 26.9 Å². The zero-order chi connectivity index (χ0) is 28.5. The molecule has 3 heterocycles. The highest BCUT2D eigenvalue weighted by Crippen LogP contribution is 2.31. The first kappa shape index (κ1) is 26.4. The zero-order valence-electron chi connectivity index (χ0n) is 22.9. The van der Waals surface area contributed by atoms with Gasteiger partial charge in [-0.25, -0.2) is 14.5 Å². The van der Waals surface area contributed by atoms with Gasteiger partial charge >= 0.3 is 5.97 Å². The molecule has 0 spiro atoms. The molecule has 0 saturated heterocycles. The van der Waals surface area contributed by atoms with E-state index in [4.69, 9.17) is 14.8 Å². The molecular weight excluding hydrogens is 532 g/mol. The van der Waals surface area contributed by atoms with Crippen LogP contribution in [0.15, 0.2) is 112 Å². The van der Waals surface area contributed by atoms with Crippen LogP contribution in [0.3, 0.4) is 0 Å². The summed E-state index contributed by atoms with van der Waals surface area (Å²) in [6, 6.07) is 27.0. The lowest BCUT2D eigenvalue weighted by Crippen LogP contribution is -2.39. The van der Waals surface area contributed by atoms with Crippen molar-refractivity contribution in [2.75, 3.05) is 6.61 Å². The number of hydrogen-bond acceptors (Lipinski definition) is 6. The topological polar surface area (TPSA) is 78.5 Å². The van der Waals surface area contributed by atoms with Crippen molar-refractivity contribution < 1.29 is 9.53 Å². The molecule has 1 aliphatic rings. The maximum Gasteiger partial charge on any atom is 0.338 e. The van der Waals surface area contributed by atoms with Crippen molar-refractivity contribution in [2.24, 2.45) is 4.99 Å². The van der Waals surface area contributed by atoms with E-state index in [1.807, 2.05) is 109 Å². The lowest BCUT2D eigenvalue weighted by molar-refractivity contribution is -0.139. The smallest absolute Gasteiger partial charge is 0.338 e. The third-order valence-corrected chi connectivity index (χ3v) is 7.99. The molecule has 0 unspecified atom stereocenters. The molecule has 0 N–H and O–H groups in total. The average Bonchev–Trinajstić information content (AvgIpc) is 3.54. The first-order valence-corrected chi connectivity index (χ1v) is 14.2. The van der Waals surface area contributed by atoms with Crippen LogP contribution in [0.4, 0.5) is 0 Å². The minimum atomic E-state index is -0.645. The molecule has 5 aromatic rings. The average molecular weight is 561 g/mol. The number of para-hydroxylation sites is 1. The third-order valence-electron chi connectivity index (χ3n) is 7.01. The van der Waals surface area contributed by atoms with Crippen LogP contribution < -0.4 is 14.9 Å². The Morgan fingerprint density at radius 3 is 2.34 bits per heavy atom. The number of carbonyl (C=O) groups is 1. The van der Waals surface area contributed by atoms with Gasteiger partial charge in [0.05, 0.1) is 39.8 Å². The van der Waals surface area contributed by atoms with Crippen molar-refractivity contribution in [1.82, 2.24) is 14.3 Å². The van der Waals surface area contributed by atoms with Crippen molar-refractivity contribution in [1.29, 1.82) is 0 Å². The number of allylic oxidation sites excluding steroid dienone is 1. The van der Waals surface area contributed by atoms with Gasteiger partial charge in [-0.3, -0.25) is 9.36 Å². The van der Waals surface area contributed by atoms with Crippen LogP contribution in [0.5, 0.6) is 0 Å². The molecule has 0 radical (unpaired) electrons. The summed E-state index contributed by atoms with van der Waals surface area (Å²) >= 11 is 1.30. The number of fused-ring (bicyclic) bond motifs is 1. The second-order valence-electron chi connectivity index (χ2n) is 9.79.